The molecule has 5 nitrogen and oxygen atoms in total. The summed E-state index contributed by atoms with van der Waals surface area (Å²) in [5.41, 5.74) is 3.32. The van der Waals surface area contributed by atoms with Crippen LogP contribution in [0.4, 0.5) is 5.69 Å². The molecule has 0 aliphatic heterocycles. The van der Waals surface area contributed by atoms with E-state index in [2.05, 4.69) is 6.92 Å². The Balaban J connectivity index is 1.93. The van der Waals surface area contributed by atoms with E-state index in [0.29, 0.717) is 11.4 Å². The van der Waals surface area contributed by atoms with Crippen molar-refractivity contribution in [2.45, 2.75) is 44.9 Å². The van der Waals surface area contributed by atoms with Gasteiger partial charge in [-0.1, -0.05) is 55.3 Å². The summed E-state index contributed by atoms with van der Waals surface area (Å²) in [5, 5.41) is 0. The summed E-state index contributed by atoms with van der Waals surface area (Å²) in [6.45, 7) is 5.52. The number of carbonyl (C=O) groups excluding carboxylic acids is 1. The Hall–Kier alpha value is -3.12. The smallest absolute Gasteiger partial charge is 0.278 e. The molecule has 0 aliphatic rings. The Labute approximate surface area is 190 Å². The predicted molar refractivity (Wildman–Crippen MR) is 128 cm³/mol. The zero-order chi connectivity index (χ0) is 23.1. The molecule has 0 aliphatic carbocycles. The lowest BCUT2D eigenvalue weighted by Gasteiger charge is -2.23. The van der Waals surface area contributed by atoms with Gasteiger partial charge in [-0.15, -0.1) is 0 Å². The Morgan fingerprint density at radius 3 is 2.22 bits per heavy atom. The van der Waals surface area contributed by atoms with Crippen molar-refractivity contribution in [3.05, 3.63) is 89.5 Å². The number of amides is 1. The molecule has 0 spiro atoms. The normalized spacial score (nSPS) is 11.2. The van der Waals surface area contributed by atoms with Crippen LogP contribution in [0.2, 0.25) is 0 Å². The number of hydrogen-bond acceptors (Lipinski definition) is 4. The number of ether oxygens (including phenoxy) is 1. The highest BCUT2D eigenvalue weighted by Gasteiger charge is 2.31. The van der Waals surface area contributed by atoms with Crippen LogP contribution >= 0.6 is 0 Å². The first kappa shape index (κ1) is 23.5. The zero-order valence-electron chi connectivity index (χ0n) is 18.7. The molecule has 1 amide bonds. The van der Waals surface area contributed by atoms with Crippen molar-refractivity contribution in [2.24, 2.45) is 0 Å². The minimum Gasteiger partial charge on any atom is -0.484 e. The van der Waals surface area contributed by atoms with Crippen LogP contribution in [0.1, 0.15) is 36.5 Å². The number of unbranched alkanes of at least 4 members (excludes halogenated alkanes) is 1. The third-order valence-electron chi connectivity index (χ3n) is 5.13. The van der Waals surface area contributed by atoms with Gasteiger partial charge in [0.2, 0.25) is 0 Å². The summed E-state index contributed by atoms with van der Waals surface area (Å²) in [4.78, 5) is 13.2. The van der Waals surface area contributed by atoms with E-state index in [1.807, 2.05) is 38.1 Å². The average Bonchev–Trinajstić information content (AvgIpc) is 2.77. The van der Waals surface area contributed by atoms with E-state index in [-0.39, 0.29) is 4.90 Å². The molecule has 0 heterocycles. The minimum atomic E-state index is -4.11. The molecule has 3 aromatic rings. The summed E-state index contributed by atoms with van der Waals surface area (Å²) in [7, 11) is -4.11. The Morgan fingerprint density at radius 1 is 0.906 bits per heavy atom. The summed E-state index contributed by atoms with van der Waals surface area (Å²) in [6.07, 6.45) is 3.03. The van der Waals surface area contributed by atoms with E-state index >= 15 is 0 Å². The van der Waals surface area contributed by atoms with Crippen LogP contribution in [0.3, 0.4) is 0 Å². The number of anilines is 1. The molecule has 0 fully saturated rings. The highest BCUT2D eigenvalue weighted by Crippen LogP contribution is 2.26. The third-order valence-corrected chi connectivity index (χ3v) is 6.89. The fourth-order valence-corrected chi connectivity index (χ4v) is 4.73. The van der Waals surface area contributed by atoms with E-state index in [0.717, 1.165) is 40.3 Å². The first-order valence-corrected chi connectivity index (χ1v) is 12.2. The predicted octanol–water partition coefficient (Wildman–Crippen LogP) is 5.45. The molecule has 6 heteroatoms. The summed E-state index contributed by atoms with van der Waals surface area (Å²) < 4.78 is 33.4. The molecule has 32 heavy (non-hydrogen) atoms. The van der Waals surface area contributed by atoms with Crippen molar-refractivity contribution in [3.63, 3.8) is 0 Å². The summed E-state index contributed by atoms with van der Waals surface area (Å²) >= 11 is 0. The standard InChI is InChI=1S/C26H29NO4S/c1-4-5-8-22-12-14-23(15-13-22)27(32(29,30)25-16-10-20(2)11-17-25)26(28)19-31-24-9-6-7-21(3)18-24/h6-7,9-18H,4-5,8,19H2,1-3H3. The van der Waals surface area contributed by atoms with Gasteiger partial charge in [-0.05, 0) is 74.2 Å². The van der Waals surface area contributed by atoms with Crippen molar-refractivity contribution >= 4 is 21.6 Å². The second kappa shape index (κ2) is 10.5. The number of sulfonamides is 1. The molecule has 0 unspecified atom stereocenters. The van der Waals surface area contributed by atoms with Crippen molar-refractivity contribution in [2.75, 3.05) is 10.9 Å². The maximum atomic E-state index is 13.5. The highest BCUT2D eigenvalue weighted by atomic mass is 32.2. The second-order valence-electron chi connectivity index (χ2n) is 7.85. The van der Waals surface area contributed by atoms with Crippen molar-refractivity contribution in [1.29, 1.82) is 0 Å². The number of nitrogens with zero attached hydrogens (tertiary/aromatic N) is 1. The van der Waals surface area contributed by atoms with Gasteiger partial charge in [0, 0.05) is 0 Å². The molecular weight excluding hydrogens is 422 g/mol. The van der Waals surface area contributed by atoms with Gasteiger partial charge in [-0.2, -0.15) is 4.31 Å². The molecule has 0 N–H and O–H groups in total. The summed E-state index contributed by atoms with van der Waals surface area (Å²) in [6, 6.07) is 20.9. The van der Waals surface area contributed by atoms with Crippen LogP contribution in [-0.2, 0) is 21.2 Å². The number of rotatable bonds is 9. The quantitative estimate of drug-likeness (QED) is 0.434. The van der Waals surface area contributed by atoms with Crippen molar-refractivity contribution in [1.82, 2.24) is 0 Å². The fourth-order valence-electron chi connectivity index (χ4n) is 3.32. The fraction of sp³-hybridized carbons (Fsp3) is 0.269. The van der Waals surface area contributed by atoms with E-state index in [1.54, 1.807) is 36.4 Å². The first-order valence-electron chi connectivity index (χ1n) is 10.7. The van der Waals surface area contributed by atoms with Gasteiger partial charge >= 0.3 is 0 Å². The number of aryl methyl sites for hydroxylation is 3. The van der Waals surface area contributed by atoms with Crippen LogP contribution in [0, 0.1) is 13.8 Å². The summed E-state index contributed by atoms with van der Waals surface area (Å²) in [5.74, 6) is -0.144. The lowest BCUT2D eigenvalue weighted by molar-refractivity contribution is -0.119. The molecule has 3 aromatic carbocycles. The van der Waals surface area contributed by atoms with E-state index in [4.69, 9.17) is 4.74 Å². The monoisotopic (exact) mass is 451 g/mol. The molecule has 3 rings (SSSR count). The zero-order valence-corrected chi connectivity index (χ0v) is 19.6. The molecule has 0 bridgehead atoms. The molecule has 0 radical (unpaired) electrons. The Bertz CT molecular complexity index is 1150. The first-order chi connectivity index (χ1) is 15.3. The molecule has 0 atom stereocenters. The van der Waals surface area contributed by atoms with Crippen LogP contribution in [-0.4, -0.2) is 20.9 Å². The van der Waals surface area contributed by atoms with Gasteiger partial charge in [-0.25, -0.2) is 8.42 Å². The molecule has 0 saturated heterocycles. The molecule has 168 valence electrons. The molecule has 0 saturated carbocycles. The SMILES string of the molecule is CCCCc1ccc(N(C(=O)COc2cccc(C)c2)S(=O)(=O)c2ccc(C)cc2)cc1. The van der Waals surface area contributed by atoms with Crippen LogP contribution in [0.15, 0.2) is 77.7 Å². The lowest BCUT2D eigenvalue weighted by atomic mass is 10.1. The maximum absolute atomic E-state index is 13.5. The van der Waals surface area contributed by atoms with Crippen LogP contribution in [0.5, 0.6) is 5.75 Å². The van der Waals surface area contributed by atoms with Crippen LogP contribution < -0.4 is 9.04 Å². The van der Waals surface area contributed by atoms with Gasteiger partial charge in [-0.3, -0.25) is 4.79 Å². The van der Waals surface area contributed by atoms with Gasteiger partial charge in [0.05, 0.1) is 10.6 Å². The van der Waals surface area contributed by atoms with Gasteiger partial charge in [0.25, 0.3) is 15.9 Å². The van der Waals surface area contributed by atoms with Crippen molar-refractivity contribution < 1.29 is 17.9 Å². The Morgan fingerprint density at radius 2 is 1.59 bits per heavy atom. The largest absolute Gasteiger partial charge is 0.484 e. The van der Waals surface area contributed by atoms with Crippen molar-refractivity contribution in [3.8, 4) is 5.75 Å². The maximum Gasteiger partial charge on any atom is 0.278 e. The van der Waals surface area contributed by atoms with E-state index < -0.39 is 22.5 Å². The third kappa shape index (κ3) is 5.77. The van der Waals surface area contributed by atoms with Gasteiger partial charge < -0.3 is 4.74 Å². The molecule has 0 aromatic heterocycles. The second-order valence-corrected chi connectivity index (χ2v) is 9.64. The number of carbonyl (C=O) groups is 1. The van der Waals surface area contributed by atoms with E-state index in [9.17, 15) is 13.2 Å². The highest BCUT2D eigenvalue weighted by molar-refractivity contribution is 7.93. The number of benzene rings is 3. The van der Waals surface area contributed by atoms with Gasteiger partial charge in [0.1, 0.15) is 5.75 Å². The minimum absolute atomic E-state index is 0.0575. The van der Waals surface area contributed by atoms with E-state index in [1.165, 1.54) is 12.1 Å². The topological polar surface area (TPSA) is 63.7 Å². The van der Waals surface area contributed by atoms with Gasteiger partial charge in [0.15, 0.2) is 6.61 Å². The Kier molecular flexibility index (Phi) is 7.70. The van der Waals surface area contributed by atoms with Crippen LogP contribution in [0.25, 0.3) is 0 Å². The lowest BCUT2D eigenvalue weighted by Crippen LogP contribution is -2.40. The number of hydrogen-bond donors (Lipinski definition) is 0. The molecular formula is C26H29NO4S. The average molecular weight is 452 g/mol.